The maximum atomic E-state index is 12.3. The fourth-order valence-corrected chi connectivity index (χ4v) is 2.61. The minimum absolute atomic E-state index is 0.0151. The minimum Gasteiger partial charge on any atom is -0.485 e. The van der Waals surface area contributed by atoms with Crippen LogP contribution in [0.25, 0.3) is 0 Å². The average molecular weight is 377 g/mol. The Labute approximate surface area is 158 Å². The lowest BCUT2D eigenvalue weighted by atomic mass is 10.0. The number of ketones is 1. The first-order valence-corrected chi connectivity index (χ1v) is 9.15. The maximum absolute atomic E-state index is 12.3. The summed E-state index contributed by atoms with van der Waals surface area (Å²) in [6, 6.07) is 7.29. The van der Waals surface area contributed by atoms with Gasteiger partial charge in [0, 0.05) is 12.0 Å². The van der Waals surface area contributed by atoms with Crippen LogP contribution in [0.4, 0.5) is 0 Å². The first kappa shape index (κ1) is 20.2. The van der Waals surface area contributed by atoms with Crippen LogP contribution < -0.4 is 10.3 Å². The van der Waals surface area contributed by atoms with Crippen molar-refractivity contribution < 1.29 is 9.53 Å². The summed E-state index contributed by atoms with van der Waals surface area (Å²) in [5, 5.41) is 4.15. The number of aromatic nitrogens is 2. The monoisotopic (exact) mass is 376 g/mol. The van der Waals surface area contributed by atoms with Crippen LogP contribution in [0.15, 0.2) is 35.3 Å². The van der Waals surface area contributed by atoms with E-state index in [0.717, 1.165) is 18.4 Å². The third kappa shape index (κ3) is 4.94. The van der Waals surface area contributed by atoms with Crippen molar-refractivity contribution in [3.05, 3.63) is 57.0 Å². The molecule has 2 rings (SSSR count). The van der Waals surface area contributed by atoms with Crippen LogP contribution in [0.3, 0.4) is 0 Å². The summed E-state index contributed by atoms with van der Waals surface area (Å²) in [6.07, 6.45) is 3.92. The van der Waals surface area contributed by atoms with Crippen molar-refractivity contribution in [2.24, 2.45) is 0 Å². The Balaban J connectivity index is 2.06. The lowest BCUT2D eigenvalue weighted by Crippen LogP contribution is -2.36. The van der Waals surface area contributed by atoms with Crippen molar-refractivity contribution >= 4 is 17.4 Å². The van der Waals surface area contributed by atoms with E-state index in [9.17, 15) is 9.59 Å². The molecule has 0 atom stereocenters. The molecule has 0 unspecified atom stereocenters. The number of unbranched alkanes of at least 4 members (excludes halogenated alkanes) is 1. The molecule has 0 aliphatic carbocycles. The Morgan fingerprint density at radius 3 is 2.46 bits per heavy atom. The molecule has 6 heteroatoms. The summed E-state index contributed by atoms with van der Waals surface area (Å²) in [5.41, 5.74) is 0.746. The molecule has 0 fully saturated rings. The number of nitrogens with zero attached hydrogens (tertiary/aromatic N) is 2. The molecule has 1 heterocycles. The van der Waals surface area contributed by atoms with Crippen LogP contribution >= 0.6 is 11.6 Å². The summed E-state index contributed by atoms with van der Waals surface area (Å²) < 4.78 is 6.98. The Kier molecular flexibility index (Phi) is 6.59. The zero-order valence-electron chi connectivity index (χ0n) is 15.7. The third-order valence-corrected chi connectivity index (χ3v) is 4.30. The Morgan fingerprint density at radius 2 is 1.88 bits per heavy atom. The summed E-state index contributed by atoms with van der Waals surface area (Å²) in [5.74, 6) is 0.401. The van der Waals surface area contributed by atoms with Gasteiger partial charge in [-0.1, -0.05) is 49.2 Å². The normalized spacial score (nSPS) is 11.4. The Morgan fingerprint density at radius 1 is 1.23 bits per heavy atom. The SMILES string of the molecule is CCCCC(=O)c1ccc(COc2cnn(C(C)(C)C)c(=O)c2Cl)cc1. The van der Waals surface area contributed by atoms with Gasteiger partial charge in [0.1, 0.15) is 6.61 Å². The number of rotatable bonds is 7. The number of hydrogen-bond donors (Lipinski definition) is 0. The highest BCUT2D eigenvalue weighted by atomic mass is 35.5. The van der Waals surface area contributed by atoms with Crippen LogP contribution in [0.1, 0.15) is 62.9 Å². The first-order valence-electron chi connectivity index (χ1n) is 8.77. The molecule has 26 heavy (non-hydrogen) atoms. The molecule has 1 aromatic heterocycles. The van der Waals surface area contributed by atoms with Gasteiger partial charge in [0.05, 0.1) is 11.7 Å². The van der Waals surface area contributed by atoms with E-state index in [1.807, 2.05) is 32.9 Å². The van der Waals surface area contributed by atoms with Crippen molar-refractivity contribution in [2.45, 2.75) is 59.1 Å². The fraction of sp³-hybridized carbons (Fsp3) is 0.450. The van der Waals surface area contributed by atoms with Gasteiger partial charge in [-0.3, -0.25) is 9.59 Å². The van der Waals surface area contributed by atoms with Gasteiger partial charge >= 0.3 is 0 Å². The smallest absolute Gasteiger partial charge is 0.289 e. The predicted octanol–water partition coefficient (Wildman–Crippen LogP) is 4.60. The lowest BCUT2D eigenvalue weighted by Gasteiger charge is -2.21. The van der Waals surface area contributed by atoms with Gasteiger partial charge in [-0.15, -0.1) is 0 Å². The van der Waals surface area contributed by atoms with Crippen LogP contribution in [-0.2, 0) is 12.1 Å². The molecule has 0 bridgehead atoms. The van der Waals surface area contributed by atoms with E-state index in [4.69, 9.17) is 16.3 Å². The van der Waals surface area contributed by atoms with E-state index >= 15 is 0 Å². The van der Waals surface area contributed by atoms with Gasteiger partial charge in [-0.25, -0.2) is 4.68 Å². The predicted molar refractivity (Wildman–Crippen MR) is 103 cm³/mol. The number of carbonyl (C=O) groups is 1. The molecule has 0 spiro atoms. The van der Waals surface area contributed by atoms with Crippen LogP contribution in [-0.4, -0.2) is 15.6 Å². The van der Waals surface area contributed by atoms with Gasteiger partial charge in [0.15, 0.2) is 16.6 Å². The maximum Gasteiger partial charge on any atom is 0.289 e. The minimum atomic E-state index is -0.459. The van der Waals surface area contributed by atoms with E-state index in [2.05, 4.69) is 12.0 Å². The number of Topliss-reactive ketones (excluding diaryl/α,β-unsaturated/α-hetero) is 1. The second kappa shape index (κ2) is 8.49. The van der Waals surface area contributed by atoms with Gasteiger partial charge in [0.2, 0.25) is 0 Å². The zero-order valence-corrected chi connectivity index (χ0v) is 16.5. The van der Waals surface area contributed by atoms with E-state index in [1.165, 1.54) is 10.9 Å². The summed E-state index contributed by atoms with van der Waals surface area (Å²) in [6.45, 7) is 7.93. The number of benzene rings is 1. The summed E-state index contributed by atoms with van der Waals surface area (Å²) >= 11 is 6.14. The molecule has 1 aromatic carbocycles. The van der Waals surface area contributed by atoms with Crippen molar-refractivity contribution in [2.75, 3.05) is 0 Å². The van der Waals surface area contributed by atoms with E-state index in [0.29, 0.717) is 12.0 Å². The van der Waals surface area contributed by atoms with E-state index in [1.54, 1.807) is 12.1 Å². The van der Waals surface area contributed by atoms with Crippen molar-refractivity contribution in [1.82, 2.24) is 9.78 Å². The Hall–Kier alpha value is -2.14. The van der Waals surface area contributed by atoms with Gasteiger partial charge in [-0.05, 0) is 32.8 Å². The molecule has 0 saturated carbocycles. The molecule has 0 aliphatic rings. The fourth-order valence-electron chi connectivity index (χ4n) is 2.43. The molecular weight excluding hydrogens is 352 g/mol. The highest BCUT2D eigenvalue weighted by molar-refractivity contribution is 6.31. The molecular formula is C20H25ClN2O3. The average Bonchev–Trinajstić information content (AvgIpc) is 2.60. The quantitative estimate of drug-likeness (QED) is 0.662. The lowest BCUT2D eigenvalue weighted by molar-refractivity contribution is 0.0979. The second-order valence-electron chi connectivity index (χ2n) is 7.22. The molecule has 5 nitrogen and oxygen atoms in total. The van der Waals surface area contributed by atoms with Crippen LogP contribution in [0, 0.1) is 0 Å². The van der Waals surface area contributed by atoms with Gasteiger partial charge in [-0.2, -0.15) is 5.10 Å². The molecule has 0 N–H and O–H groups in total. The van der Waals surface area contributed by atoms with E-state index in [-0.39, 0.29) is 28.7 Å². The molecule has 0 aliphatic heterocycles. The largest absolute Gasteiger partial charge is 0.485 e. The summed E-state index contributed by atoms with van der Waals surface area (Å²) in [7, 11) is 0. The molecule has 0 radical (unpaired) electrons. The summed E-state index contributed by atoms with van der Waals surface area (Å²) in [4.78, 5) is 24.3. The van der Waals surface area contributed by atoms with Crippen LogP contribution in [0.5, 0.6) is 5.75 Å². The van der Waals surface area contributed by atoms with Crippen molar-refractivity contribution in [3.63, 3.8) is 0 Å². The topological polar surface area (TPSA) is 61.2 Å². The van der Waals surface area contributed by atoms with Gasteiger partial charge in [0.25, 0.3) is 5.56 Å². The molecule has 140 valence electrons. The van der Waals surface area contributed by atoms with Gasteiger partial charge < -0.3 is 4.74 Å². The zero-order chi connectivity index (χ0) is 19.3. The molecule has 0 saturated heterocycles. The molecule has 0 amide bonds. The number of ether oxygens (including phenoxy) is 1. The van der Waals surface area contributed by atoms with Crippen molar-refractivity contribution in [1.29, 1.82) is 0 Å². The third-order valence-electron chi connectivity index (χ3n) is 3.95. The Bertz CT molecular complexity index is 820. The van der Waals surface area contributed by atoms with Crippen molar-refractivity contribution in [3.8, 4) is 5.75 Å². The standard InChI is InChI=1S/C20H25ClN2O3/c1-5-6-7-16(24)15-10-8-14(9-11-15)13-26-17-12-22-23(20(2,3)4)19(25)18(17)21/h8-12H,5-7,13H2,1-4H3. The van der Waals surface area contributed by atoms with E-state index < -0.39 is 5.54 Å². The highest BCUT2D eigenvalue weighted by Crippen LogP contribution is 2.22. The highest BCUT2D eigenvalue weighted by Gasteiger charge is 2.20. The number of halogens is 1. The van der Waals surface area contributed by atoms with Crippen LogP contribution in [0.2, 0.25) is 5.02 Å². The number of carbonyl (C=O) groups excluding carboxylic acids is 1. The second-order valence-corrected chi connectivity index (χ2v) is 7.60. The first-order chi connectivity index (χ1) is 12.2. The number of hydrogen-bond acceptors (Lipinski definition) is 4. The molecule has 2 aromatic rings.